The summed E-state index contributed by atoms with van der Waals surface area (Å²) in [7, 11) is 0. The fourth-order valence-electron chi connectivity index (χ4n) is 6.32. The van der Waals surface area contributed by atoms with Gasteiger partial charge in [0.25, 0.3) is 0 Å². The van der Waals surface area contributed by atoms with E-state index in [9.17, 15) is 0 Å². The standard InChI is InChI=1S/C38H57ClO6/c1-7-11-18-40-28(6)34-35(41-19-12-8-2)36(42-20-13-9-3)37(43-21-14-10-4)38(45-34)32-24-30(33(39)25-31(32)26-44-38)23-29-17-15-16-27(5)22-29/h15-17,22,24-25,28,34-37H,7-14,18-21,23,26H2,1-6H3/t28-,34-,35-,36+,37-,38+/m1/s1. The number of fused-ring (bicyclic) bond motifs is 2. The van der Waals surface area contributed by atoms with E-state index in [-0.39, 0.29) is 12.2 Å². The second-order valence-electron chi connectivity index (χ2n) is 12.8. The topological polar surface area (TPSA) is 55.4 Å². The van der Waals surface area contributed by atoms with Crippen LogP contribution in [0.3, 0.4) is 0 Å². The van der Waals surface area contributed by atoms with Crippen molar-refractivity contribution < 1.29 is 28.4 Å². The van der Waals surface area contributed by atoms with Crippen LogP contribution in [-0.4, -0.2) is 56.9 Å². The third kappa shape index (κ3) is 9.10. The van der Waals surface area contributed by atoms with Crippen molar-refractivity contribution in [3.8, 4) is 0 Å². The van der Waals surface area contributed by atoms with Gasteiger partial charge in [0, 0.05) is 37.0 Å². The van der Waals surface area contributed by atoms with Crippen LogP contribution in [0.15, 0.2) is 36.4 Å². The highest BCUT2D eigenvalue weighted by atomic mass is 35.5. The van der Waals surface area contributed by atoms with Crippen molar-refractivity contribution in [3.63, 3.8) is 0 Å². The normalized spacial score (nSPS) is 25.1. The molecule has 0 saturated carbocycles. The fourth-order valence-corrected chi connectivity index (χ4v) is 6.57. The zero-order chi connectivity index (χ0) is 32.2. The van der Waals surface area contributed by atoms with Crippen LogP contribution in [0, 0.1) is 6.92 Å². The second kappa shape index (κ2) is 18.1. The number of ether oxygens (including phenoxy) is 6. The van der Waals surface area contributed by atoms with Gasteiger partial charge in [0.05, 0.1) is 12.7 Å². The lowest BCUT2D eigenvalue weighted by atomic mass is 9.84. The van der Waals surface area contributed by atoms with Gasteiger partial charge in [0.1, 0.15) is 24.4 Å². The lowest BCUT2D eigenvalue weighted by Gasteiger charge is -2.52. The van der Waals surface area contributed by atoms with Gasteiger partial charge in [-0.05, 0) is 74.8 Å². The average Bonchev–Trinajstić information content (AvgIpc) is 3.36. The number of halogens is 1. The molecule has 2 aromatic carbocycles. The van der Waals surface area contributed by atoms with Crippen molar-refractivity contribution in [3.05, 3.63) is 69.2 Å². The molecule has 4 rings (SSSR count). The molecule has 45 heavy (non-hydrogen) atoms. The maximum atomic E-state index is 7.22. The Labute approximate surface area is 277 Å². The fraction of sp³-hybridized carbons (Fsp3) is 0.684. The zero-order valence-corrected chi connectivity index (χ0v) is 29.3. The van der Waals surface area contributed by atoms with Gasteiger partial charge >= 0.3 is 0 Å². The average molecular weight is 645 g/mol. The molecule has 0 aliphatic carbocycles. The summed E-state index contributed by atoms with van der Waals surface area (Å²) in [5.74, 6) is -1.18. The number of rotatable bonds is 19. The number of benzene rings is 2. The molecule has 0 unspecified atom stereocenters. The van der Waals surface area contributed by atoms with Gasteiger partial charge in [0.2, 0.25) is 5.79 Å². The van der Waals surface area contributed by atoms with E-state index in [0.717, 1.165) is 73.1 Å². The summed E-state index contributed by atoms with van der Waals surface area (Å²) in [5.41, 5.74) is 5.47. The van der Waals surface area contributed by atoms with E-state index in [4.69, 9.17) is 40.0 Å². The molecule has 0 amide bonds. The minimum atomic E-state index is -1.18. The Morgan fingerprint density at radius 2 is 1.49 bits per heavy atom. The molecule has 0 radical (unpaired) electrons. The molecule has 1 fully saturated rings. The zero-order valence-electron chi connectivity index (χ0n) is 28.6. The lowest BCUT2D eigenvalue weighted by Crippen LogP contribution is -2.67. The van der Waals surface area contributed by atoms with Crippen LogP contribution < -0.4 is 0 Å². The van der Waals surface area contributed by atoms with E-state index < -0.39 is 24.1 Å². The number of hydrogen-bond acceptors (Lipinski definition) is 6. The summed E-state index contributed by atoms with van der Waals surface area (Å²) in [6.07, 6.45) is 6.77. The third-order valence-electron chi connectivity index (χ3n) is 8.95. The highest BCUT2D eigenvalue weighted by Crippen LogP contribution is 2.50. The summed E-state index contributed by atoms with van der Waals surface area (Å²) < 4.78 is 40.7. The maximum absolute atomic E-state index is 7.22. The first kappa shape index (κ1) is 36.3. The minimum absolute atomic E-state index is 0.236. The van der Waals surface area contributed by atoms with Crippen molar-refractivity contribution in [2.75, 3.05) is 26.4 Å². The van der Waals surface area contributed by atoms with E-state index in [1.807, 2.05) is 0 Å². The maximum Gasteiger partial charge on any atom is 0.225 e. The van der Waals surface area contributed by atoms with Crippen molar-refractivity contribution in [1.29, 1.82) is 0 Å². The van der Waals surface area contributed by atoms with Gasteiger partial charge in [-0.2, -0.15) is 0 Å². The third-order valence-corrected chi connectivity index (χ3v) is 9.30. The van der Waals surface area contributed by atoms with Crippen molar-refractivity contribution in [2.24, 2.45) is 0 Å². The molecule has 1 saturated heterocycles. The van der Waals surface area contributed by atoms with Crippen LogP contribution >= 0.6 is 11.6 Å². The van der Waals surface area contributed by atoms with Crippen LogP contribution in [0.25, 0.3) is 0 Å². The molecule has 2 aliphatic heterocycles. The number of hydrogen-bond donors (Lipinski definition) is 0. The minimum Gasteiger partial charge on any atom is -0.376 e. The quantitative estimate of drug-likeness (QED) is 0.142. The predicted molar refractivity (Wildman–Crippen MR) is 181 cm³/mol. The van der Waals surface area contributed by atoms with Crippen molar-refractivity contribution in [1.82, 2.24) is 0 Å². The Morgan fingerprint density at radius 3 is 2.16 bits per heavy atom. The Bertz CT molecular complexity index is 1170. The van der Waals surface area contributed by atoms with Gasteiger partial charge < -0.3 is 28.4 Å². The highest BCUT2D eigenvalue weighted by Gasteiger charge is 2.62. The second-order valence-corrected chi connectivity index (χ2v) is 13.2. The van der Waals surface area contributed by atoms with Crippen LogP contribution in [-0.2, 0) is 47.2 Å². The predicted octanol–water partition coefficient (Wildman–Crippen LogP) is 9.08. The molecule has 2 aliphatic rings. The van der Waals surface area contributed by atoms with Crippen LogP contribution in [0.2, 0.25) is 5.02 Å². The van der Waals surface area contributed by atoms with E-state index in [1.54, 1.807) is 0 Å². The van der Waals surface area contributed by atoms with Crippen molar-refractivity contribution in [2.45, 2.75) is 142 Å². The first-order valence-corrected chi connectivity index (χ1v) is 17.9. The van der Waals surface area contributed by atoms with E-state index in [0.29, 0.717) is 39.5 Å². The Morgan fingerprint density at radius 1 is 0.844 bits per heavy atom. The summed E-state index contributed by atoms with van der Waals surface area (Å²) in [5, 5.41) is 0.736. The van der Waals surface area contributed by atoms with Gasteiger partial charge in [0.15, 0.2) is 0 Å². The molecule has 7 heteroatoms. The monoisotopic (exact) mass is 644 g/mol. The number of aryl methyl sites for hydroxylation is 1. The highest BCUT2D eigenvalue weighted by molar-refractivity contribution is 6.31. The van der Waals surface area contributed by atoms with Crippen LogP contribution in [0.5, 0.6) is 0 Å². The van der Waals surface area contributed by atoms with E-state index in [2.05, 4.69) is 77.9 Å². The Kier molecular flexibility index (Phi) is 14.6. The van der Waals surface area contributed by atoms with Crippen LogP contribution in [0.1, 0.15) is 114 Å². The summed E-state index contributed by atoms with van der Waals surface area (Å²) in [6.45, 7) is 15.8. The Balaban J connectivity index is 1.80. The summed E-state index contributed by atoms with van der Waals surface area (Å²) >= 11 is 6.93. The molecule has 0 aromatic heterocycles. The molecule has 6 nitrogen and oxygen atoms in total. The van der Waals surface area contributed by atoms with Gasteiger partial charge in [-0.25, -0.2) is 0 Å². The molecule has 6 atom stereocenters. The first-order chi connectivity index (χ1) is 21.9. The summed E-state index contributed by atoms with van der Waals surface area (Å²) in [4.78, 5) is 0. The molecular formula is C38H57ClO6. The number of unbranched alkanes of at least 4 members (excludes halogenated alkanes) is 4. The van der Waals surface area contributed by atoms with Crippen molar-refractivity contribution >= 4 is 11.6 Å². The molecule has 0 bridgehead atoms. The van der Waals surface area contributed by atoms with E-state index >= 15 is 0 Å². The Hall–Kier alpha value is -1.51. The van der Waals surface area contributed by atoms with Gasteiger partial charge in [-0.3, -0.25) is 0 Å². The molecular weight excluding hydrogens is 588 g/mol. The molecule has 1 spiro atoms. The SMILES string of the molecule is CCCCO[C@H]1[C@H](OCCCC)[C@@H](OCCCC)[C@@]2(OCc3cc(Cl)c(Cc4cccc(C)c4)cc32)O[C@@H]1[C@@H](C)OCCCC. The summed E-state index contributed by atoms with van der Waals surface area (Å²) in [6, 6.07) is 12.8. The molecule has 0 N–H and O–H groups in total. The van der Waals surface area contributed by atoms with Gasteiger partial charge in [-0.1, -0.05) is 94.8 Å². The smallest absolute Gasteiger partial charge is 0.225 e. The van der Waals surface area contributed by atoms with Gasteiger partial charge in [-0.15, -0.1) is 0 Å². The van der Waals surface area contributed by atoms with Crippen LogP contribution in [0.4, 0.5) is 0 Å². The lowest BCUT2D eigenvalue weighted by molar-refractivity contribution is -0.389. The molecule has 2 aromatic rings. The molecule has 252 valence electrons. The van der Waals surface area contributed by atoms with E-state index in [1.165, 1.54) is 11.1 Å². The first-order valence-electron chi connectivity index (χ1n) is 17.5. The largest absolute Gasteiger partial charge is 0.376 e. The molecule has 2 heterocycles.